The summed E-state index contributed by atoms with van der Waals surface area (Å²) in [7, 11) is 0. The van der Waals surface area contributed by atoms with Crippen molar-refractivity contribution in [2.24, 2.45) is 0 Å². The van der Waals surface area contributed by atoms with Gasteiger partial charge in [-0.3, -0.25) is 0 Å². The molecular weight excluding hydrogens is 268 g/mol. The lowest BCUT2D eigenvalue weighted by Crippen LogP contribution is -2.09. The maximum atomic E-state index is 11.7. The summed E-state index contributed by atoms with van der Waals surface area (Å²) in [4.78, 5) is 15.9. The smallest absolute Gasteiger partial charge is 0.340 e. The molecule has 2 aromatic rings. The molecule has 0 radical (unpaired) electrons. The highest BCUT2D eigenvalue weighted by Gasteiger charge is 2.15. The number of hydrogen-bond acceptors (Lipinski definition) is 6. The van der Waals surface area contributed by atoms with Crippen molar-refractivity contribution in [3.05, 3.63) is 35.3 Å². The number of pyridine rings is 1. The molecule has 4 nitrogen and oxygen atoms in total. The van der Waals surface area contributed by atoms with E-state index in [1.165, 1.54) is 11.8 Å². The first kappa shape index (κ1) is 12.9. The number of esters is 1. The molecule has 0 bridgehead atoms. The second kappa shape index (κ2) is 5.88. The molecule has 2 heterocycles. The number of ether oxygens (including phenoxy) is 1. The van der Waals surface area contributed by atoms with Crippen LogP contribution in [0.5, 0.6) is 0 Å². The highest BCUT2D eigenvalue weighted by molar-refractivity contribution is 8.01. The number of nitrogen functional groups attached to an aromatic ring is 1. The van der Waals surface area contributed by atoms with E-state index in [0.717, 1.165) is 4.21 Å². The molecular formula is C12H12N2O2S2. The Hall–Kier alpha value is -1.53. The molecule has 0 saturated carbocycles. The van der Waals surface area contributed by atoms with Gasteiger partial charge in [-0.2, -0.15) is 0 Å². The van der Waals surface area contributed by atoms with E-state index in [1.807, 2.05) is 17.5 Å². The molecule has 6 heteroatoms. The minimum atomic E-state index is -0.412. The number of nitrogens with zero attached hydrogens (tertiary/aromatic N) is 1. The lowest BCUT2D eigenvalue weighted by molar-refractivity contribution is 0.0527. The van der Waals surface area contributed by atoms with Crippen molar-refractivity contribution in [3.63, 3.8) is 0 Å². The Bertz CT molecular complexity index is 541. The first-order chi connectivity index (χ1) is 8.72. The third-order valence-corrected chi connectivity index (χ3v) is 4.20. The van der Waals surface area contributed by atoms with Crippen LogP contribution in [-0.4, -0.2) is 17.6 Å². The number of carbonyl (C=O) groups excluding carboxylic acids is 1. The van der Waals surface area contributed by atoms with Crippen LogP contribution in [0.1, 0.15) is 17.3 Å². The molecule has 18 heavy (non-hydrogen) atoms. The van der Waals surface area contributed by atoms with Crippen LogP contribution in [0.4, 0.5) is 5.69 Å². The Morgan fingerprint density at radius 2 is 2.39 bits per heavy atom. The van der Waals surface area contributed by atoms with E-state index in [2.05, 4.69) is 4.98 Å². The van der Waals surface area contributed by atoms with Crippen LogP contribution in [0.2, 0.25) is 0 Å². The van der Waals surface area contributed by atoms with Gasteiger partial charge in [0, 0.05) is 6.20 Å². The van der Waals surface area contributed by atoms with E-state index < -0.39 is 5.97 Å². The molecule has 2 rings (SSSR count). The predicted molar refractivity (Wildman–Crippen MR) is 73.0 cm³/mol. The lowest BCUT2D eigenvalue weighted by Gasteiger charge is -2.08. The zero-order valence-electron chi connectivity index (χ0n) is 9.75. The summed E-state index contributed by atoms with van der Waals surface area (Å²) >= 11 is 3.05. The number of carbonyl (C=O) groups is 1. The van der Waals surface area contributed by atoms with Crippen LogP contribution < -0.4 is 5.73 Å². The first-order valence-corrected chi connectivity index (χ1v) is 7.05. The minimum absolute atomic E-state index is 0.327. The molecule has 94 valence electrons. The zero-order chi connectivity index (χ0) is 13.0. The third-order valence-electron chi connectivity index (χ3n) is 2.14. The second-order valence-electron chi connectivity index (χ2n) is 3.33. The fourth-order valence-corrected chi connectivity index (χ4v) is 3.05. The highest BCUT2D eigenvalue weighted by Crippen LogP contribution is 2.34. The van der Waals surface area contributed by atoms with Crippen molar-refractivity contribution < 1.29 is 9.53 Å². The van der Waals surface area contributed by atoms with E-state index in [-0.39, 0.29) is 0 Å². The SMILES string of the molecule is CCOC(=O)c1ccnc(Sc2cccs2)c1N. The fourth-order valence-electron chi connectivity index (χ4n) is 1.34. The standard InChI is InChI=1S/C12H12N2O2S2/c1-2-16-12(15)8-5-6-14-11(10(8)13)18-9-4-3-7-17-9/h3-7H,2,13H2,1H3. The van der Waals surface area contributed by atoms with E-state index in [4.69, 9.17) is 10.5 Å². The van der Waals surface area contributed by atoms with Gasteiger partial charge in [0.2, 0.25) is 0 Å². The van der Waals surface area contributed by atoms with Gasteiger partial charge in [-0.1, -0.05) is 17.8 Å². The van der Waals surface area contributed by atoms with Gasteiger partial charge >= 0.3 is 5.97 Å². The van der Waals surface area contributed by atoms with Gasteiger partial charge in [-0.05, 0) is 24.4 Å². The molecule has 0 aromatic carbocycles. The zero-order valence-corrected chi connectivity index (χ0v) is 11.4. The molecule has 0 aliphatic carbocycles. The van der Waals surface area contributed by atoms with Gasteiger partial charge in [0.05, 0.1) is 22.1 Å². The van der Waals surface area contributed by atoms with Crippen molar-refractivity contribution in [2.45, 2.75) is 16.2 Å². The molecule has 0 aliphatic heterocycles. The fraction of sp³-hybridized carbons (Fsp3) is 0.167. The first-order valence-electron chi connectivity index (χ1n) is 5.35. The number of nitrogens with two attached hydrogens (primary N) is 1. The monoisotopic (exact) mass is 280 g/mol. The second-order valence-corrected chi connectivity index (χ2v) is 5.57. The Labute approximate surface area is 113 Å². The van der Waals surface area contributed by atoms with Gasteiger partial charge in [0.25, 0.3) is 0 Å². The van der Waals surface area contributed by atoms with Crippen LogP contribution in [0, 0.1) is 0 Å². The number of aromatic nitrogens is 1. The normalized spacial score (nSPS) is 10.3. The molecule has 0 unspecified atom stereocenters. The molecule has 2 N–H and O–H groups in total. The van der Waals surface area contributed by atoms with E-state index in [9.17, 15) is 4.79 Å². The maximum Gasteiger partial charge on any atom is 0.340 e. The topological polar surface area (TPSA) is 65.2 Å². The van der Waals surface area contributed by atoms with Crippen LogP contribution in [-0.2, 0) is 4.74 Å². The van der Waals surface area contributed by atoms with E-state index >= 15 is 0 Å². The van der Waals surface area contributed by atoms with Crippen LogP contribution in [0.25, 0.3) is 0 Å². The molecule has 0 amide bonds. The van der Waals surface area contributed by atoms with Gasteiger partial charge in [0.15, 0.2) is 0 Å². The van der Waals surface area contributed by atoms with Crippen LogP contribution in [0.3, 0.4) is 0 Å². The van der Waals surface area contributed by atoms with Crippen molar-refractivity contribution in [3.8, 4) is 0 Å². The maximum absolute atomic E-state index is 11.7. The Morgan fingerprint density at radius 3 is 3.06 bits per heavy atom. The average molecular weight is 280 g/mol. The van der Waals surface area contributed by atoms with Gasteiger partial charge in [0.1, 0.15) is 5.03 Å². The summed E-state index contributed by atoms with van der Waals surface area (Å²) in [5, 5.41) is 2.61. The largest absolute Gasteiger partial charge is 0.462 e. The van der Waals surface area contributed by atoms with Gasteiger partial charge in [-0.25, -0.2) is 9.78 Å². The summed E-state index contributed by atoms with van der Waals surface area (Å²) in [6.45, 7) is 2.09. The molecule has 2 aromatic heterocycles. The number of thiophene rings is 1. The predicted octanol–water partition coefficient (Wildman–Crippen LogP) is 3.05. The Kier molecular flexibility index (Phi) is 4.22. The average Bonchev–Trinajstić information content (AvgIpc) is 2.85. The molecule has 0 saturated heterocycles. The van der Waals surface area contributed by atoms with Crippen molar-refractivity contribution in [1.29, 1.82) is 0 Å². The summed E-state index contributed by atoms with van der Waals surface area (Å²) in [5.74, 6) is -0.412. The van der Waals surface area contributed by atoms with Gasteiger partial charge < -0.3 is 10.5 Å². The molecule has 0 atom stereocenters. The lowest BCUT2D eigenvalue weighted by atomic mass is 10.2. The Morgan fingerprint density at radius 1 is 1.56 bits per heavy atom. The Balaban J connectivity index is 2.27. The quantitative estimate of drug-likeness (QED) is 0.872. The summed E-state index contributed by atoms with van der Waals surface area (Å²) in [5.41, 5.74) is 6.69. The number of anilines is 1. The van der Waals surface area contributed by atoms with Crippen LogP contribution in [0.15, 0.2) is 39.0 Å². The number of rotatable bonds is 4. The number of hydrogen-bond donors (Lipinski definition) is 1. The van der Waals surface area contributed by atoms with Crippen molar-refractivity contribution in [2.75, 3.05) is 12.3 Å². The minimum Gasteiger partial charge on any atom is -0.462 e. The molecule has 0 fully saturated rings. The molecule has 0 aliphatic rings. The van der Waals surface area contributed by atoms with Crippen molar-refractivity contribution in [1.82, 2.24) is 4.98 Å². The van der Waals surface area contributed by atoms with Gasteiger partial charge in [-0.15, -0.1) is 11.3 Å². The van der Waals surface area contributed by atoms with Crippen LogP contribution >= 0.6 is 23.1 Å². The third kappa shape index (κ3) is 2.83. The summed E-state index contributed by atoms with van der Waals surface area (Å²) in [6, 6.07) is 5.51. The van der Waals surface area contributed by atoms with E-state index in [0.29, 0.717) is 22.9 Å². The summed E-state index contributed by atoms with van der Waals surface area (Å²) < 4.78 is 6.02. The molecule has 0 spiro atoms. The summed E-state index contributed by atoms with van der Waals surface area (Å²) in [6.07, 6.45) is 1.57. The van der Waals surface area contributed by atoms with E-state index in [1.54, 1.807) is 30.5 Å². The highest BCUT2D eigenvalue weighted by atomic mass is 32.2. The van der Waals surface area contributed by atoms with Crippen molar-refractivity contribution >= 4 is 34.8 Å².